The van der Waals surface area contributed by atoms with Crippen LogP contribution in [0.3, 0.4) is 0 Å². The summed E-state index contributed by atoms with van der Waals surface area (Å²) in [5.41, 5.74) is 4.46. The Morgan fingerprint density at radius 3 is 2.43 bits per heavy atom. The maximum Gasteiger partial charge on any atom is 0.163 e. The van der Waals surface area contributed by atoms with Crippen molar-refractivity contribution in [2.45, 2.75) is 32.8 Å². The first-order valence-corrected chi connectivity index (χ1v) is 9.82. The van der Waals surface area contributed by atoms with Gasteiger partial charge in [-0.1, -0.05) is 48.5 Å². The summed E-state index contributed by atoms with van der Waals surface area (Å²) >= 11 is 0. The molecular weight excluding hydrogens is 348 g/mol. The topological polar surface area (TPSA) is 59.1 Å². The lowest BCUT2D eigenvalue weighted by Crippen LogP contribution is -2.19. The first-order chi connectivity index (χ1) is 13.7. The van der Waals surface area contributed by atoms with Crippen LogP contribution in [-0.4, -0.2) is 29.2 Å². The van der Waals surface area contributed by atoms with Crippen molar-refractivity contribution in [3.63, 3.8) is 0 Å². The van der Waals surface area contributed by atoms with Crippen LogP contribution >= 0.6 is 0 Å². The largest absolute Gasteiger partial charge is 0.376 e. The summed E-state index contributed by atoms with van der Waals surface area (Å²) in [5.74, 6) is 2.28. The van der Waals surface area contributed by atoms with Crippen LogP contribution in [0, 0.1) is 13.8 Å². The molecule has 0 saturated carbocycles. The Balaban J connectivity index is 1.65. The number of anilines is 3. The molecule has 5 heteroatoms. The maximum absolute atomic E-state index is 5.73. The van der Waals surface area contributed by atoms with Crippen molar-refractivity contribution >= 4 is 17.3 Å². The van der Waals surface area contributed by atoms with Gasteiger partial charge >= 0.3 is 0 Å². The van der Waals surface area contributed by atoms with Crippen LogP contribution in [0.1, 0.15) is 24.0 Å². The predicted octanol–water partition coefficient (Wildman–Crippen LogP) is 5.09. The quantitative estimate of drug-likeness (QED) is 0.629. The summed E-state index contributed by atoms with van der Waals surface area (Å²) in [5, 5.41) is 6.93. The molecule has 1 unspecified atom stereocenters. The Labute approximate surface area is 166 Å². The van der Waals surface area contributed by atoms with Crippen molar-refractivity contribution < 1.29 is 4.74 Å². The number of benzene rings is 2. The van der Waals surface area contributed by atoms with E-state index in [1.807, 2.05) is 36.4 Å². The molecule has 1 aliphatic rings. The molecule has 0 radical (unpaired) electrons. The second-order valence-corrected chi connectivity index (χ2v) is 7.24. The average molecular weight is 374 g/mol. The van der Waals surface area contributed by atoms with Gasteiger partial charge in [0.05, 0.1) is 6.10 Å². The van der Waals surface area contributed by atoms with Crippen LogP contribution in [0.2, 0.25) is 0 Å². The minimum absolute atomic E-state index is 0.255. The summed E-state index contributed by atoms with van der Waals surface area (Å²) in [7, 11) is 0. The molecule has 3 aromatic rings. The number of hydrogen-bond acceptors (Lipinski definition) is 5. The van der Waals surface area contributed by atoms with Crippen LogP contribution in [-0.2, 0) is 4.74 Å². The molecule has 0 amide bonds. The molecule has 2 N–H and O–H groups in total. The van der Waals surface area contributed by atoms with Gasteiger partial charge in [-0.3, -0.25) is 0 Å². The standard InChI is InChI=1S/C23H26N4O/c1-16-8-6-9-17(2)22(16)25-21-14-20(24-15-19-12-7-13-28-19)26-23(27-21)18-10-4-3-5-11-18/h3-6,8-11,14,19H,7,12-13,15H2,1-2H3,(H2,24,25,26,27). The molecule has 2 heterocycles. The van der Waals surface area contributed by atoms with Gasteiger partial charge in [0, 0.05) is 30.5 Å². The van der Waals surface area contributed by atoms with Gasteiger partial charge in [-0.25, -0.2) is 9.97 Å². The molecule has 0 spiro atoms. The third-order valence-corrected chi connectivity index (χ3v) is 5.03. The van der Waals surface area contributed by atoms with E-state index in [9.17, 15) is 0 Å². The van der Waals surface area contributed by atoms with E-state index in [4.69, 9.17) is 14.7 Å². The van der Waals surface area contributed by atoms with E-state index < -0.39 is 0 Å². The van der Waals surface area contributed by atoms with Gasteiger partial charge < -0.3 is 15.4 Å². The zero-order chi connectivity index (χ0) is 19.3. The molecule has 28 heavy (non-hydrogen) atoms. The molecule has 5 nitrogen and oxygen atoms in total. The Hall–Kier alpha value is -2.92. The number of nitrogens with one attached hydrogen (secondary N) is 2. The lowest BCUT2D eigenvalue weighted by atomic mass is 10.1. The lowest BCUT2D eigenvalue weighted by Gasteiger charge is -2.16. The summed E-state index contributed by atoms with van der Waals surface area (Å²) in [4.78, 5) is 9.50. The number of ether oxygens (including phenoxy) is 1. The Bertz CT molecular complexity index is 916. The second-order valence-electron chi connectivity index (χ2n) is 7.24. The van der Waals surface area contributed by atoms with E-state index in [0.29, 0.717) is 5.82 Å². The fourth-order valence-corrected chi connectivity index (χ4v) is 3.48. The molecule has 144 valence electrons. The fraction of sp³-hybridized carbons (Fsp3) is 0.304. The fourth-order valence-electron chi connectivity index (χ4n) is 3.48. The number of rotatable bonds is 6. The summed E-state index contributed by atoms with van der Waals surface area (Å²) in [6.07, 6.45) is 2.48. The molecule has 2 aromatic carbocycles. The first-order valence-electron chi connectivity index (χ1n) is 9.82. The maximum atomic E-state index is 5.73. The Morgan fingerprint density at radius 2 is 1.71 bits per heavy atom. The molecule has 0 aliphatic carbocycles. The van der Waals surface area contributed by atoms with Gasteiger partial charge in [-0.2, -0.15) is 0 Å². The van der Waals surface area contributed by atoms with Crippen LogP contribution in [0.4, 0.5) is 17.3 Å². The van der Waals surface area contributed by atoms with Crippen molar-refractivity contribution in [3.05, 3.63) is 65.7 Å². The first kappa shape index (κ1) is 18.4. The van der Waals surface area contributed by atoms with Crippen molar-refractivity contribution in [3.8, 4) is 11.4 Å². The molecule has 0 bridgehead atoms. The highest BCUT2D eigenvalue weighted by Gasteiger charge is 2.16. The third-order valence-electron chi connectivity index (χ3n) is 5.03. The third kappa shape index (κ3) is 4.31. The minimum atomic E-state index is 0.255. The smallest absolute Gasteiger partial charge is 0.163 e. The minimum Gasteiger partial charge on any atom is -0.376 e. The molecule has 1 fully saturated rings. The zero-order valence-electron chi connectivity index (χ0n) is 16.4. The van der Waals surface area contributed by atoms with Gasteiger partial charge in [-0.05, 0) is 37.8 Å². The lowest BCUT2D eigenvalue weighted by molar-refractivity contribution is 0.120. The summed E-state index contributed by atoms with van der Waals surface area (Å²) in [6.45, 7) is 5.81. The molecule has 1 aliphatic heterocycles. The van der Waals surface area contributed by atoms with Gasteiger partial charge in [0.15, 0.2) is 5.82 Å². The van der Waals surface area contributed by atoms with Crippen molar-refractivity contribution in [2.75, 3.05) is 23.8 Å². The molecule has 1 atom stereocenters. The van der Waals surface area contributed by atoms with Gasteiger partial charge in [-0.15, -0.1) is 0 Å². The highest BCUT2D eigenvalue weighted by atomic mass is 16.5. The summed E-state index contributed by atoms with van der Waals surface area (Å²) < 4.78 is 5.73. The van der Waals surface area contributed by atoms with Crippen molar-refractivity contribution in [2.24, 2.45) is 0 Å². The Kier molecular flexibility index (Phi) is 5.53. The van der Waals surface area contributed by atoms with Crippen LogP contribution < -0.4 is 10.6 Å². The van der Waals surface area contributed by atoms with Crippen LogP contribution in [0.25, 0.3) is 11.4 Å². The number of aromatic nitrogens is 2. The van der Waals surface area contributed by atoms with Crippen molar-refractivity contribution in [1.29, 1.82) is 0 Å². The van der Waals surface area contributed by atoms with Gasteiger partial charge in [0.25, 0.3) is 0 Å². The van der Waals surface area contributed by atoms with E-state index in [0.717, 1.165) is 48.9 Å². The van der Waals surface area contributed by atoms with Crippen molar-refractivity contribution in [1.82, 2.24) is 9.97 Å². The predicted molar refractivity (Wildman–Crippen MR) is 114 cm³/mol. The zero-order valence-corrected chi connectivity index (χ0v) is 16.4. The highest BCUT2D eigenvalue weighted by molar-refractivity contribution is 5.68. The van der Waals surface area contributed by atoms with Crippen LogP contribution in [0.5, 0.6) is 0 Å². The molecular formula is C23H26N4O. The van der Waals surface area contributed by atoms with E-state index in [1.165, 1.54) is 11.1 Å². The number of hydrogen-bond donors (Lipinski definition) is 2. The normalized spacial score (nSPS) is 16.1. The second kappa shape index (κ2) is 8.40. The summed E-state index contributed by atoms with van der Waals surface area (Å²) in [6, 6.07) is 18.3. The molecule has 1 aromatic heterocycles. The van der Waals surface area contributed by atoms with E-state index in [2.05, 4.69) is 42.7 Å². The SMILES string of the molecule is Cc1cccc(C)c1Nc1cc(NCC2CCCO2)nc(-c2ccccc2)n1. The number of aryl methyl sites for hydroxylation is 2. The molecule has 1 saturated heterocycles. The van der Waals surface area contributed by atoms with Crippen LogP contribution in [0.15, 0.2) is 54.6 Å². The van der Waals surface area contributed by atoms with E-state index in [1.54, 1.807) is 0 Å². The van der Waals surface area contributed by atoms with Gasteiger partial charge in [0.2, 0.25) is 0 Å². The molecule has 4 rings (SSSR count). The highest BCUT2D eigenvalue weighted by Crippen LogP contribution is 2.27. The number of nitrogens with zero attached hydrogens (tertiary/aromatic N) is 2. The Morgan fingerprint density at radius 1 is 0.964 bits per heavy atom. The monoisotopic (exact) mass is 374 g/mol. The van der Waals surface area contributed by atoms with E-state index in [-0.39, 0.29) is 6.10 Å². The number of para-hydroxylation sites is 1. The average Bonchev–Trinajstić information content (AvgIpc) is 3.24. The van der Waals surface area contributed by atoms with E-state index >= 15 is 0 Å². The van der Waals surface area contributed by atoms with Gasteiger partial charge in [0.1, 0.15) is 11.6 Å².